The summed E-state index contributed by atoms with van der Waals surface area (Å²) in [5, 5.41) is 31.6. The molecule has 3 N–H and O–H groups in total. The van der Waals surface area contributed by atoms with Gasteiger partial charge in [-0.2, -0.15) is 0 Å². The van der Waals surface area contributed by atoms with E-state index in [1.54, 1.807) is 18.2 Å². The van der Waals surface area contributed by atoms with E-state index < -0.39 is 41.8 Å². The van der Waals surface area contributed by atoms with Crippen LogP contribution in [0, 0.1) is 17.3 Å². The molecule has 9 nitrogen and oxygen atoms in total. The van der Waals surface area contributed by atoms with Crippen molar-refractivity contribution in [3.63, 3.8) is 0 Å². The van der Waals surface area contributed by atoms with Crippen LogP contribution >= 0.6 is 0 Å². The fraction of sp³-hybridized carbons (Fsp3) is 0.610. The third-order valence-corrected chi connectivity index (χ3v) is 9.79. The van der Waals surface area contributed by atoms with Crippen molar-refractivity contribution in [3.8, 4) is 0 Å². The Hall–Kier alpha value is -3.08. The van der Waals surface area contributed by atoms with Crippen molar-refractivity contribution in [1.29, 1.82) is 0 Å². The lowest BCUT2D eigenvalue weighted by Gasteiger charge is -2.47. The van der Waals surface area contributed by atoms with E-state index in [-0.39, 0.29) is 43.9 Å². The molecule has 50 heavy (non-hydrogen) atoms. The molecule has 2 fully saturated rings. The molecule has 0 aromatic carbocycles. The number of rotatable bonds is 11. The van der Waals surface area contributed by atoms with Crippen molar-refractivity contribution in [2.24, 2.45) is 17.3 Å². The third kappa shape index (κ3) is 13.2. The van der Waals surface area contributed by atoms with Gasteiger partial charge in [-0.3, -0.25) is 0 Å². The van der Waals surface area contributed by atoms with Crippen molar-refractivity contribution in [3.05, 3.63) is 84.6 Å². The van der Waals surface area contributed by atoms with E-state index >= 15 is 0 Å². The number of esters is 2. The van der Waals surface area contributed by atoms with Crippen LogP contribution in [0.2, 0.25) is 0 Å². The van der Waals surface area contributed by atoms with E-state index in [0.29, 0.717) is 38.0 Å². The molecule has 4 bridgehead atoms. The van der Waals surface area contributed by atoms with E-state index in [9.17, 15) is 24.9 Å². The molecule has 9 heteroatoms. The summed E-state index contributed by atoms with van der Waals surface area (Å²) in [6.45, 7) is 13.9. The first kappa shape index (κ1) is 41.3. The predicted molar refractivity (Wildman–Crippen MR) is 195 cm³/mol. The number of allylic oxidation sites excluding steroid dienone is 6. The minimum absolute atomic E-state index is 0.0218. The Kier molecular flexibility index (Phi) is 17.1. The van der Waals surface area contributed by atoms with Gasteiger partial charge in [0.2, 0.25) is 0 Å². The van der Waals surface area contributed by atoms with E-state index in [1.807, 2.05) is 57.2 Å². The largest absolute Gasteiger partial charge is 0.459 e. The Morgan fingerprint density at radius 3 is 2.66 bits per heavy atom. The Labute approximate surface area is 299 Å². The average Bonchev–Trinajstić information content (AvgIpc) is 3.07. The summed E-state index contributed by atoms with van der Waals surface area (Å²) in [7, 11) is 0. The highest BCUT2D eigenvalue weighted by Crippen LogP contribution is 2.41. The molecule has 0 unspecified atom stereocenters. The van der Waals surface area contributed by atoms with Gasteiger partial charge < -0.3 is 34.3 Å². The molecule has 0 aromatic heterocycles. The molecule has 0 amide bonds. The highest BCUT2D eigenvalue weighted by molar-refractivity contribution is 5.82. The normalized spacial score (nSPS) is 35.3. The summed E-state index contributed by atoms with van der Waals surface area (Å²) < 4.78 is 23.9. The number of carbonyl (C=O) groups excluding carboxylic acids is 2. The van der Waals surface area contributed by atoms with Gasteiger partial charge in [-0.15, -0.1) is 0 Å². The lowest BCUT2D eigenvalue weighted by molar-refractivity contribution is -0.198. The lowest BCUT2D eigenvalue weighted by atomic mass is 9.73. The second kappa shape index (κ2) is 20.7. The Bertz CT molecular complexity index is 1290. The fourth-order valence-corrected chi connectivity index (χ4v) is 6.27. The Balaban J connectivity index is 1.71. The summed E-state index contributed by atoms with van der Waals surface area (Å²) in [4.78, 5) is 25.3. The number of hydrogen-bond donors (Lipinski definition) is 3. The van der Waals surface area contributed by atoms with Crippen molar-refractivity contribution < 1.29 is 43.9 Å². The molecule has 0 spiro atoms. The standard InChI is InChI=1S/C41H60O9/c1-28(2)21-22-30(4)26-47-40(46)34(43)18-13-14-19-37-41(6,27-42)38-25-33(49-37)17-10-7-9-15-29(3)23-36-31(5)35(44)24-32(48-36)16-11-8-12-20-39(45)50-38/h8-15,17,20,23,28,31-38,42-44H,4,7,16,18-19,21-22,24-27H2,1-3,5-6H3/b11-8+,14-13+,15-9+,17-10-,20-12+,29-23-/t31-,32+,33+,34-,35+,36-,37+,38-,41+/m1/s1. The molecule has 3 rings (SSSR count). The van der Waals surface area contributed by atoms with Gasteiger partial charge in [0.1, 0.15) is 12.7 Å². The zero-order valence-electron chi connectivity index (χ0n) is 30.6. The van der Waals surface area contributed by atoms with Crippen molar-refractivity contribution in [2.75, 3.05) is 13.2 Å². The second-order valence-electron chi connectivity index (χ2n) is 14.6. The van der Waals surface area contributed by atoms with Crippen molar-refractivity contribution >= 4 is 11.9 Å². The van der Waals surface area contributed by atoms with E-state index in [2.05, 4.69) is 26.5 Å². The van der Waals surface area contributed by atoms with E-state index in [1.165, 1.54) is 6.08 Å². The van der Waals surface area contributed by atoms with Crippen LogP contribution in [0.3, 0.4) is 0 Å². The molecule has 2 saturated heterocycles. The van der Waals surface area contributed by atoms with Gasteiger partial charge in [0, 0.05) is 31.3 Å². The van der Waals surface area contributed by atoms with E-state index in [4.69, 9.17) is 18.9 Å². The summed E-state index contributed by atoms with van der Waals surface area (Å²) in [5.41, 5.74) is 0.954. The number of hydrogen-bond acceptors (Lipinski definition) is 9. The molecule has 3 aliphatic rings. The summed E-state index contributed by atoms with van der Waals surface area (Å²) in [6.07, 6.45) is 21.0. The van der Waals surface area contributed by atoms with Crippen LogP contribution in [0.15, 0.2) is 84.6 Å². The fourth-order valence-electron chi connectivity index (χ4n) is 6.27. The molecule has 3 aliphatic heterocycles. The van der Waals surface area contributed by atoms with E-state index in [0.717, 1.165) is 24.0 Å². The van der Waals surface area contributed by atoms with Crippen LogP contribution in [-0.2, 0) is 28.5 Å². The maximum atomic E-state index is 13.0. The van der Waals surface area contributed by atoms with Gasteiger partial charge in [-0.1, -0.05) is 101 Å². The molecule has 3 heterocycles. The van der Waals surface area contributed by atoms with Gasteiger partial charge in [0.05, 0.1) is 42.5 Å². The lowest BCUT2D eigenvalue weighted by Crippen LogP contribution is -2.55. The molecule has 0 radical (unpaired) electrons. The SMILES string of the molecule is C=C(CCC(C)C)COC(=O)[C@H](O)C/C=C/C[C@@H]1O[C@H]2/C=C\C/C=C/C(C)=C\[C@H]3O[C@@H](C/C=C/C=C/C(=O)O[C@H](C2)[C@@]1(C)CO)C[C@H](O)[C@H]3C. The molecule has 0 aromatic rings. The molecular formula is C41H60O9. The first-order valence-electron chi connectivity index (χ1n) is 18.1. The summed E-state index contributed by atoms with van der Waals surface area (Å²) >= 11 is 0. The summed E-state index contributed by atoms with van der Waals surface area (Å²) in [6, 6.07) is 0. The van der Waals surface area contributed by atoms with Crippen LogP contribution in [-0.4, -0.2) is 83.2 Å². The monoisotopic (exact) mass is 696 g/mol. The number of carbonyl (C=O) groups is 2. The first-order valence-corrected chi connectivity index (χ1v) is 18.1. The Morgan fingerprint density at radius 1 is 1.14 bits per heavy atom. The van der Waals surface area contributed by atoms with Crippen molar-refractivity contribution in [2.45, 2.75) is 129 Å². The van der Waals surface area contributed by atoms with Crippen molar-refractivity contribution in [1.82, 2.24) is 0 Å². The third-order valence-electron chi connectivity index (χ3n) is 9.79. The minimum atomic E-state index is -1.31. The Morgan fingerprint density at radius 2 is 1.92 bits per heavy atom. The predicted octanol–water partition coefficient (Wildman–Crippen LogP) is 6.41. The van der Waals surface area contributed by atoms with Gasteiger partial charge in [0.25, 0.3) is 0 Å². The first-order chi connectivity index (χ1) is 23.8. The number of aliphatic hydroxyl groups excluding tert-OH is 3. The quantitative estimate of drug-likeness (QED) is 0.166. The van der Waals surface area contributed by atoms with Gasteiger partial charge >= 0.3 is 11.9 Å². The molecular weight excluding hydrogens is 636 g/mol. The van der Waals surface area contributed by atoms with Crippen LogP contribution in [0.4, 0.5) is 0 Å². The zero-order chi connectivity index (χ0) is 36.7. The zero-order valence-corrected chi connectivity index (χ0v) is 30.6. The number of fused-ring (bicyclic) bond motifs is 4. The smallest absolute Gasteiger partial charge is 0.335 e. The molecule has 9 atom stereocenters. The summed E-state index contributed by atoms with van der Waals surface area (Å²) in [5.74, 6) is -0.720. The van der Waals surface area contributed by atoms with Crippen LogP contribution in [0.1, 0.15) is 86.0 Å². The average molecular weight is 697 g/mol. The van der Waals surface area contributed by atoms with Gasteiger partial charge in [-0.05, 0) is 50.5 Å². The van der Waals surface area contributed by atoms with Gasteiger partial charge in [0.15, 0.2) is 6.10 Å². The van der Waals surface area contributed by atoms with Crippen LogP contribution in [0.5, 0.6) is 0 Å². The topological polar surface area (TPSA) is 132 Å². The maximum Gasteiger partial charge on any atom is 0.335 e. The minimum Gasteiger partial charge on any atom is -0.459 e. The highest BCUT2D eigenvalue weighted by Gasteiger charge is 2.49. The second-order valence-corrected chi connectivity index (χ2v) is 14.6. The highest BCUT2D eigenvalue weighted by atomic mass is 16.6. The van der Waals surface area contributed by atoms with Crippen LogP contribution in [0.25, 0.3) is 0 Å². The molecule has 0 saturated carbocycles. The number of aliphatic hydroxyl groups is 3. The number of ether oxygens (including phenoxy) is 4. The molecule has 278 valence electrons. The van der Waals surface area contributed by atoms with Crippen LogP contribution < -0.4 is 0 Å². The molecule has 0 aliphatic carbocycles. The van der Waals surface area contributed by atoms with Gasteiger partial charge in [-0.25, -0.2) is 9.59 Å². The maximum absolute atomic E-state index is 13.0.